The number of aromatic nitrogens is 8. The van der Waals surface area contributed by atoms with Crippen molar-refractivity contribution < 1.29 is 55.5 Å². The molecule has 9 rings (SSSR count). The van der Waals surface area contributed by atoms with E-state index in [0.29, 0.717) is 71.9 Å². The van der Waals surface area contributed by atoms with Crippen LogP contribution in [0, 0.1) is 0 Å². The van der Waals surface area contributed by atoms with E-state index in [1.54, 1.807) is 13.8 Å². The molecule has 0 saturated heterocycles. The minimum Gasteiger partial charge on any atom is -0.512 e. The summed E-state index contributed by atoms with van der Waals surface area (Å²) in [7, 11) is 0. The van der Waals surface area contributed by atoms with Gasteiger partial charge in [0.15, 0.2) is 0 Å². The fraction of sp³-hybridized carbons (Fsp3) is 0.208. The third-order valence-corrected chi connectivity index (χ3v) is 9.48. The molecule has 316 valence electrons. The van der Waals surface area contributed by atoms with Gasteiger partial charge in [-0.05, 0) is 48.2 Å². The fourth-order valence-electron chi connectivity index (χ4n) is 6.76. The van der Waals surface area contributed by atoms with Gasteiger partial charge in [0.2, 0.25) is 0 Å². The summed E-state index contributed by atoms with van der Waals surface area (Å²) in [6.07, 6.45) is 4.93. The maximum absolute atomic E-state index is 10.7. The number of allylic oxidation sites excluding steroid dienone is 2. The van der Waals surface area contributed by atoms with Crippen LogP contribution in [0.15, 0.2) is 121 Å². The third kappa shape index (κ3) is 10.6. The van der Waals surface area contributed by atoms with E-state index in [-0.39, 0.29) is 37.7 Å². The van der Waals surface area contributed by atoms with Crippen LogP contribution in [0.4, 0.5) is 0 Å². The Morgan fingerprint density at radius 2 is 0.746 bits per heavy atom. The first kappa shape index (κ1) is 45.7. The summed E-state index contributed by atoms with van der Waals surface area (Å²) in [5.74, 6) is 1.44. The SMILES string of the molecule is CCC/C(O)=C\C(=O)OCC.CCC/C(O)=C\C(=O)OCC.[Zr+2].c1ccc2c(c1)-c1nc-2nc2[n-]c(nc3nc(nc4[n-]c(n1)c1ccccc41)-c1ccccc1-3)c1ccccc21. The normalized spacial score (nSPS) is 11.6. The first-order valence-electron chi connectivity index (χ1n) is 20.4. The molecule has 0 fully saturated rings. The van der Waals surface area contributed by atoms with Gasteiger partial charge < -0.3 is 49.6 Å². The predicted molar refractivity (Wildman–Crippen MR) is 238 cm³/mol. The van der Waals surface area contributed by atoms with Crippen LogP contribution in [-0.4, -0.2) is 65.3 Å². The Bertz CT molecular complexity index is 2660. The van der Waals surface area contributed by atoms with Crippen LogP contribution < -0.4 is 9.97 Å². The zero-order chi connectivity index (χ0) is 43.6. The minimum atomic E-state index is -0.474. The summed E-state index contributed by atoms with van der Waals surface area (Å²) in [5.41, 5.74) is 5.78. The number of esters is 2. The Labute approximate surface area is 382 Å². The van der Waals surface area contributed by atoms with Crippen molar-refractivity contribution in [2.45, 2.75) is 53.4 Å². The summed E-state index contributed by atoms with van der Waals surface area (Å²) >= 11 is 0. The number of hydrogen-bond acceptors (Lipinski definition) is 12. The molecule has 0 radical (unpaired) electrons. The van der Waals surface area contributed by atoms with Crippen LogP contribution in [-0.2, 0) is 45.3 Å². The second-order valence-corrected chi connectivity index (χ2v) is 13.9. The number of carbonyl (C=O) groups excluding carboxylic acids is 2. The first-order valence-corrected chi connectivity index (χ1v) is 20.4. The average molecular weight is 920 g/mol. The minimum absolute atomic E-state index is 0. The van der Waals surface area contributed by atoms with E-state index < -0.39 is 11.9 Å². The second kappa shape index (κ2) is 21.3. The number of ether oxygens (including phenoxy) is 2. The van der Waals surface area contributed by atoms with Crippen molar-refractivity contribution in [1.82, 2.24) is 39.9 Å². The average Bonchev–Trinajstić information content (AvgIpc) is 4.00. The summed E-state index contributed by atoms with van der Waals surface area (Å²) in [5, 5.41) is 21.6. The van der Waals surface area contributed by atoms with Crippen molar-refractivity contribution in [1.29, 1.82) is 0 Å². The van der Waals surface area contributed by atoms with Crippen LogP contribution in [0.1, 0.15) is 53.4 Å². The topological polar surface area (TPSA) is 199 Å². The van der Waals surface area contributed by atoms with Crippen molar-refractivity contribution in [2.75, 3.05) is 13.2 Å². The maximum atomic E-state index is 10.7. The molecule has 14 nitrogen and oxygen atoms in total. The van der Waals surface area contributed by atoms with Crippen LogP contribution in [0.5, 0.6) is 0 Å². The predicted octanol–water partition coefficient (Wildman–Crippen LogP) is 9.71. The standard InChI is InChI=1S/C32H16N8.2C8H14O3.Zr/c1-2-10-18-17(9-1)25-33-26(18)38-28-21-13-5-6-14-22(21)30(35-28)40-32-24-16-8-7-15-23(24)31(36-32)39-29-20-12-4-3-11-19(20)27(34-29)37-25;2*1-3-5-7(9)6-8(10)11-4-2;/h1-16H;2*6,9H,3-5H2,1-2H3;/q-2;;;+2/b;2*7-6+;. The number of carbonyl (C=O) groups is 2. The van der Waals surface area contributed by atoms with Crippen molar-refractivity contribution in [3.63, 3.8) is 0 Å². The molecule has 7 aromatic rings. The summed E-state index contributed by atoms with van der Waals surface area (Å²) in [6, 6.07) is 31.8. The van der Waals surface area contributed by atoms with Crippen LogP contribution in [0.25, 0.3) is 89.7 Å². The molecule has 4 aromatic carbocycles. The quantitative estimate of drug-likeness (QED) is 0.0829. The number of nitrogens with zero attached hydrogens (tertiary/aromatic N) is 8. The summed E-state index contributed by atoms with van der Waals surface area (Å²) in [6.45, 7) is 7.99. The maximum Gasteiger partial charge on any atom is 2.00 e. The Balaban J connectivity index is 0.000000240. The molecule has 2 aliphatic rings. The van der Waals surface area contributed by atoms with E-state index in [2.05, 4.69) is 9.47 Å². The van der Waals surface area contributed by atoms with Gasteiger partial charge in [0, 0.05) is 57.7 Å². The molecule has 3 aromatic heterocycles. The smallest absolute Gasteiger partial charge is 0.512 e. The number of fused-ring (bicyclic) bond motifs is 20. The summed E-state index contributed by atoms with van der Waals surface area (Å²) in [4.78, 5) is 60.6. The number of hydrogen-bond donors (Lipinski definition) is 2. The van der Waals surface area contributed by atoms with Crippen LogP contribution in [0.2, 0.25) is 0 Å². The zero-order valence-electron chi connectivity index (χ0n) is 35.2. The van der Waals surface area contributed by atoms with Gasteiger partial charge in [0.25, 0.3) is 0 Å². The molecular weight excluding hydrogens is 876 g/mol. The molecular formula is C48H44N8O6Zr. The fourth-order valence-corrected chi connectivity index (χ4v) is 6.76. The van der Waals surface area contributed by atoms with E-state index in [1.807, 2.05) is 111 Å². The zero-order valence-corrected chi connectivity index (χ0v) is 37.7. The Hall–Kier alpha value is -6.86. The molecule has 8 bridgehead atoms. The van der Waals surface area contributed by atoms with Crippen molar-refractivity contribution in [3.8, 4) is 45.6 Å². The number of aliphatic hydroxyl groups excluding tert-OH is 2. The van der Waals surface area contributed by atoms with Gasteiger partial charge in [0.05, 0.1) is 60.2 Å². The van der Waals surface area contributed by atoms with Crippen LogP contribution >= 0.6 is 0 Å². The Morgan fingerprint density at radius 3 is 1.00 bits per heavy atom. The van der Waals surface area contributed by atoms with E-state index in [4.69, 9.17) is 50.1 Å². The first-order chi connectivity index (χ1) is 30.2. The van der Waals surface area contributed by atoms with E-state index in [0.717, 1.165) is 68.8 Å². The van der Waals surface area contributed by atoms with Crippen molar-refractivity contribution in [2.24, 2.45) is 0 Å². The number of benzene rings is 4. The number of rotatable bonds is 8. The molecule has 2 N–H and O–H groups in total. The molecule has 15 heteroatoms. The van der Waals surface area contributed by atoms with Gasteiger partial charge in [0.1, 0.15) is 0 Å². The van der Waals surface area contributed by atoms with E-state index in [9.17, 15) is 9.59 Å². The van der Waals surface area contributed by atoms with Gasteiger partial charge in [-0.2, -0.15) is 0 Å². The molecule has 63 heavy (non-hydrogen) atoms. The van der Waals surface area contributed by atoms with Crippen LogP contribution in [0.3, 0.4) is 0 Å². The third-order valence-electron chi connectivity index (χ3n) is 9.48. The van der Waals surface area contributed by atoms with E-state index >= 15 is 0 Å². The van der Waals surface area contributed by atoms with Gasteiger partial charge in [-0.1, -0.05) is 111 Å². The largest absolute Gasteiger partial charge is 2.00 e. The molecule has 5 heterocycles. The summed E-state index contributed by atoms with van der Waals surface area (Å²) < 4.78 is 9.17. The monoisotopic (exact) mass is 918 g/mol. The van der Waals surface area contributed by atoms with Crippen molar-refractivity contribution in [3.05, 3.63) is 121 Å². The molecule has 0 saturated carbocycles. The van der Waals surface area contributed by atoms with Gasteiger partial charge >= 0.3 is 38.1 Å². The van der Waals surface area contributed by atoms with Gasteiger partial charge in [-0.3, -0.25) is 0 Å². The number of aliphatic hydroxyl groups is 2. The molecule has 0 atom stereocenters. The van der Waals surface area contributed by atoms with Crippen molar-refractivity contribution >= 4 is 56.1 Å². The molecule has 0 spiro atoms. The Kier molecular flexibility index (Phi) is 15.4. The second-order valence-electron chi connectivity index (χ2n) is 13.9. The molecule has 2 aliphatic heterocycles. The molecule has 0 amide bonds. The molecule has 0 unspecified atom stereocenters. The van der Waals surface area contributed by atoms with E-state index in [1.165, 1.54) is 0 Å². The molecule has 0 aliphatic carbocycles. The van der Waals surface area contributed by atoms with Gasteiger partial charge in [-0.25, -0.2) is 19.6 Å². The van der Waals surface area contributed by atoms with Gasteiger partial charge in [-0.15, -0.1) is 0 Å². The Morgan fingerprint density at radius 1 is 0.476 bits per heavy atom.